The first kappa shape index (κ1) is 12.9. The number of hydrogen-bond donors (Lipinski definition) is 0. The molecule has 2 nitrogen and oxygen atoms in total. The monoisotopic (exact) mass is 412 g/mol. The molecule has 1 aromatic rings. The Morgan fingerprint density at radius 2 is 1.88 bits per heavy atom. The van der Waals surface area contributed by atoms with Crippen LogP contribution in [0.25, 0.3) is 0 Å². The Morgan fingerprint density at radius 3 is 2.38 bits per heavy atom. The molecular weight excluding hydrogens is 404 g/mol. The molecule has 0 N–H and O–H groups in total. The molecule has 5 heteroatoms. The number of alkyl halides is 1. The summed E-state index contributed by atoms with van der Waals surface area (Å²) in [6.07, 6.45) is 1.20. The molecule has 0 aliphatic heterocycles. The predicted octanol–water partition coefficient (Wildman–Crippen LogP) is 4.14. The number of hydrogen-bond acceptors (Lipinski definition) is 2. The fourth-order valence-corrected chi connectivity index (χ4v) is 3.80. The average Bonchev–Trinajstić information content (AvgIpc) is 2.22. The highest BCUT2D eigenvalue weighted by atomic mass is 79.9. The van der Waals surface area contributed by atoms with Crippen molar-refractivity contribution in [1.82, 2.24) is 0 Å². The lowest BCUT2D eigenvalue weighted by atomic mass is 9.91. The van der Waals surface area contributed by atoms with Crippen LogP contribution in [0.4, 0.5) is 0 Å². The van der Waals surface area contributed by atoms with Crippen LogP contribution in [0.1, 0.15) is 6.42 Å². The van der Waals surface area contributed by atoms with Gasteiger partial charge in [0, 0.05) is 18.4 Å². The molecule has 1 saturated carbocycles. The molecule has 1 aliphatic carbocycles. The van der Waals surface area contributed by atoms with Crippen LogP contribution in [-0.2, 0) is 4.74 Å². The van der Waals surface area contributed by atoms with Crippen molar-refractivity contribution >= 4 is 47.8 Å². The van der Waals surface area contributed by atoms with Crippen molar-refractivity contribution in [2.24, 2.45) is 0 Å². The number of ether oxygens (including phenoxy) is 2. The van der Waals surface area contributed by atoms with Crippen LogP contribution >= 0.6 is 47.8 Å². The van der Waals surface area contributed by atoms with Gasteiger partial charge in [-0.05, 0) is 44.0 Å². The summed E-state index contributed by atoms with van der Waals surface area (Å²) < 4.78 is 13.2. The van der Waals surface area contributed by atoms with Gasteiger partial charge in [0.15, 0.2) is 0 Å². The molecule has 3 unspecified atom stereocenters. The van der Waals surface area contributed by atoms with Crippen molar-refractivity contribution < 1.29 is 9.47 Å². The molecule has 1 aliphatic rings. The number of methoxy groups -OCH3 is 1. The third-order valence-electron chi connectivity index (χ3n) is 2.64. The first-order chi connectivity index (χ1) is 7.63. The normalized spacial score (nSPS) is 28.6. The van der Waals surface area contributed by atoms with Gasteiger partial charge in [-0.15, -0.1) is 0 Å². The lowest BCUT2D eigenvalue weighted by Crippen LogP contribution is -2.51. The van der Waals surface area contributed by atoms with Crippen molar-refractivity contribution in [2.75, 3.05) is 7.11 Å². The molecule has 88 valence electrons. The van der Waals surface area contributed by atoms with E-state index >= 15 is 0 Å². The molecule has 0 saturated heterocycles. The fraction of sp³-hybridized carbons (Fsp3) is 0.455. The van der Waals surface area contributed by atoms with E-state index in [2.05, 4.69) is 47.8 Å². The Labute approximate surface area is 120 Å². The molecule has 0 bridgehead atoms. The number of benzene rings is 1. The Morgan fingerprint density at radius 1 is 1.25 bits per heavy atom. The van der Waals surface area contributed by atoms with Crippen LogP contribution in [0.15, 0.2) is 27.1 Å². The second kappa shape index (κ2) is 5.38. The summed E-state index contributed by atoms with van der Waals surface area (Å²) in [6.45, 7) is 0. The first-order valence-corrected chi connectivity index (χ1v) is 7.41. The zero-order valence-electron chi connectivity index (χ0n) is 8.62. The van der Waals surface area contributed by atoms with Crippen LogP contribution in [0, 0.1) is 0 Å². The standard InChI is InChI=1S/C11H11Br3O2/c1-15-11-8(14)5-9(11)16-10-6(12)3-2-4-7(10)13/h2-4,8-9,11H,5H2,1H3. The van der Waals surface area contributed by atoms with Crippen molar-refractivity contribution in [3.63, 3.8) is 0 Å². The van der Waals surface area contributed by atoms with E-state index in [1.807, 2.05) is 18.2 Å². The van der Waals surface area contributed by atoms with E-state index in [4.69, 9.17) is 9.47 Å². The topological polar surface area (TPSA) is 18.5 Å². The summed E-state index contributed by atoms with van der Waals surface area (Å²) in [4.78, 5) is 0.392. The van der Waals surface area contributed by atoms with Crippen molar-refractivity contribution in [2.45, 2.75) is 23.5 Å². The fourth-order valence-electron chi connectivity index (χ4n) is 1.69. The molecule has 0 amide bonds. The molecule has 1 fully saturated rings. The quantitative estimate of drug-likeness (QED) is 0.692. The van der Waals surface area contributed by atoms with Gasteiger partial charge in [-0.1, -0.05) is 22.0 Å². The molecule has 0 aromatic heterocycles. The minimum absolute atomic E-state index is 0.115. The van der Waals surface area contributed by atoms with E-state index in [1.54, 1.807) is 7.11 Å². The molecular formula is C11H11Br3O2. The highest BCUT2D eigenvalue weighted by Gasteiger charge is 2.42. The third kappa shape index (κ3) is 2.47. The van der Waals surface area contributed by atoms with Gasteiger partial charge in [0.1, 0.15) is 18.0 Å². The highest BCUT2D eigenvalue weighted by Crippen LogP contribution is 2.39. The summed E-state index contributed by atoms with van der Waals surface area (Å²) in [6, 6.07) is 5.89. The zero-order valence-corrected chi connectivity index (χ0v) is 13.4. The zero-order chi connectivity index (χ0) is 11.7. The lowest BCUT2D eigenvalue weighted by Gasteiger charge is -2.40. The van der Waals surface area contributed by atoms with E-state index in [0.717, 1.165) is 21.1 Å². The van der Waals surface area contributed by atoms with Gasteiger partial charge in [0.25, 0.3) is 0 Å². The van der Waals surface area contributed by atoms with Gasteiger partial charge in [-0.25, -0.2) is 0 Å². The smallest absolute Gasteiger partial charge is 0.148 e. The van der Waals surface area contributed by atoms with E-state index in [0.29, 0.717) is 4.83 Å². The van der Waals surface area contributed by atoms with Crippen molar-refractivity contribution in [3.8, 4) is 5.75 Å². The van der Waals surface area contributed by atoms with Gasteiger partial charge in [0.05, 0.1) is 8.95 Å². The SMILES string of the molecule is COC1C(Br)CC1Oc1c(Br)cccc1Br. The Hall–Kier alpha value is 0.420. The van der Waals surface area contributed by atoms with E-state index in [1.165, 1.54) is 0 Å². The first-order valence-electron chi connectivity index (χ1n) is 4.91. The van der Waals surface area contributed by atoms with Crippen LogP contribution in [0.3, 0.4) is 0 Å². The van der Waals surface area contributed by atoms with Crippen LogP contribution < -0.4 is 4.74 Å². The maximum Gasteiger partial charge on any atom is 0.148 e. The largest absolute Gasteiger partial charge is 0.485 e. The maximum absolute atomic E-state index is 5.94. The van der Waals surface area contributed by atoms with Gasteiger partial charge in [-0.2, -0.15) is 0 Å². The lowest BCUT2D eigenvalue weighted by molar-refractivity contribution is -0.0550. The molecule has 0 spiro atoms. The molecule has 3 atom stereocenters. The molecule has 1 aromatic carbocycles. The van der Waals surface area contributed by atoms with Gasteiger partial charge < -0.3 is 9.47 Å². The minimum atomic E-state index is 0.115. The van der Waals surface area contributed by atoms with E-state index in [9.17, 15) is 0 Å². The molecule has 2 rings (SSSR count). The highest BCUT2D eigenvalue weighted by molar-refractivity contribution is 9.11. The molecule has 16 heavy (non-hydrogen) atoms. The van der Waals surface area contributed by atoms with Crippen molar-refractivity contribution in [3.05, 3.63) is 27.1 Å². The number of para-hydroxylation sites is 1. The van der Waals surface area contributed by atoms with Gasteiger partial charge >= 0.3 is 0 Å². The van der Waals surface area contributed by atoms with Crippen LogP contribution in [0.5, 0.6) is 5.75 Å². The maximum atomic E-state index is 5.94. The van der Waals surface area contributed by atoms with Crippen LogP contribution in [-0.4, -0.2) is 24.1 Å². The number of rotatable bonds is 3. The molecule has 0 heterocycles. The van der Waals surface area contributed by atoms with Gasteiger partial charge in [0.2, 0.25) is 0 Å². The summed E-state index contributed by atoms with van der Waals surface area (Å²) in [7, 11) is 1.71. The van der Waals surface area contributed by atoms with Crippen molar-refractivity contribution in [1.29, 1.82) is 0 Å². The van der Waals surface area contributed by atoms with Crippen LogP contribution in [0.2, 0.25) is 0 Å². The minimum Gasteiger partial charge on any atom is -0.485 e. The summed E-state index contributed by atoms with van der Waals surface area (Å²) in [5.41, 5.74) is 0. The summed E-state index contributed by atoms with van der Waals surface area (Å²) >= 11 is 10.5. The Kier molecular flexibility index (Phi) is 4.32. The Bertz CT molecular complexity index is 363. The third-order valence-corrected chi connectivity index (χ3v) is 4.78. The van der Waals surface area contributed by atoms with Gasteiger partial charge in [-0.3, -0.25) is 0 Å². The summed E-state index contributed by atoms with van der Waals surface area (Å²) in [5.74, 6) is 0.842. The Balaban J connectivity index is 2.10. The van der Waals surface area contributed by atoms with E-state index < -0.39 is 0 Å². The summed E-state index contributed by atoms with van der Waals surface area (Å²) in [5, 5.41) is 0. The second-order valence-corrected chi connectivity index (χ2v) is 6.54. The predicted molar refractivity (Wildman–Crippen MR) is 74.4 cm³/mol. The molecule has 0 radical (unpaired) electrons. The average molecular weight is 415 g/mol. The number of halogens is 3. The second-order valence-electron chi connectivity index (χ2n) is 3.66. The van der Waals surface area contributed by atoms with E-state index in [-0.39, 0.29) is 12.2 Å².